The van der Waals surface area contributed by atoms with Crippen molar-refractivity contribution >= 4 is 57.0 Å². The molecular formula is C16H28IN5O3S2. The first-order valence-corrected chi connectivity index (χ1v) is 11.5. The monoisotopic (exact) mass is 529 g/mol. The first-order valence-electron chi connectivity index (χ1n) is 8.81. The van der Waals surface area contributed by atoms with Crippen molar-refractivity contribution in [3.63, 3.8) is 0 Å². The van der Waals surface area contributed by atoms with Crippen LogP contribution in [0, 0.1) is 6.92 Å². The van der Waals surface area contributed by atoms with Gasteiger partial charge in [-0.05, 0) is 20.3 Å². The summed E-state index contributed by atoms with van der Waals surface area (Å²) < 4.78 is 22.8. The SMILES string of the molecule is CCNC(=NCCC(=O)NC1CCS(=O)(=O)C1)NCCc1csc(C)n1.I. The van der Waals surface area contributed by atoms with Gasteiger partial charge in [0.05, 0.1) is 28.8 Å². The summed E-state index contributed by atoms with van der Waals surface area (Å²) in [7, 11) is -2.98. The topological polar surface area (TPSA) is 113 Å². The molecule has 0 aromatic carbocycles. The number of thiazole rings is 1. The van der Waals surface area contributed by atoms with E-state index in [1.165, 1.54) is 0 Å². The highest BCUT2D eigenvalue weighted by Crippen LogP contribution is 2.11. The molecular weight excluding hydrogens is 501 g/mol. The van der Waals surface area contributed by atoms with Gasteiger partial charge < -0.3 is 16.0 Å². The quantitative estimate of drug-likeness (QED) is 0.262. The number of carbonyl (C=O) groups is 1. The molecule has 1 aromatic heterocycles. The van der Waals surface area contributed by atoms with Crippen LogP contribution in [0.5, 0.6) is 0 Å². The highest BCUT2D eigenvalue weighted by molar-refractivity contribution is 14.0. The highest BCUT2D eigenvalue weighted by atomic mass is 127. The molecule has 8 nitrogen and oxygen atoms in total. The number of carbonyl (C=O) groups excluding carboxylic acids is 1. The van der Waals surface area contributed by atoms with E-state index < -0.39 is 9.84 Å². The number of aromatic nitrogens is 1. The van der Waals surface area contributed by atoms with Crippen LogP contribution in [0.3, 0.4) is 0 Å². The fraction of sp³-hybridized carbons (Fsp3) is 0.688. The lowest BCUT2D eigenvalue weighted by molar-refractivity contribution is -0.121. The normalized spacial score (nSPS) is 18.6. The van der Waals surface area contributed by atoms with Crippen LogP contribution in [0.4, 0.5) is 0 Å². The van der Waals surface area contributed by atoms with Gasteiger partial charge in [0.15, 0.2) is 15.8 Å². The number of halogens is 1. The van der Waals surface area contributed by atoms with Gasteiger partial charge in [0, 0.05) is 37.4 Å². The zero-order valence-corrected chi connectivity index (χ0v) is 19.6. The van der Waals surface area contributed by atoms with Gasteiger partial charge in [0.1, 0.15) is 0 Å². The molecule has 1 aromatic rings. The standard InChI is InChI=1S/C16H27N5O3S2.HI/c1-3-17-16(18-7-4-13-10-25-12(2)20-13)19-8-5-15(22)21-14-6-9-26(23,24)11-14;/h10,14H,3-9,11H2,1-2H3,(H,21,22)(H2,17,18,19);1H. The Balaban J connectivity index is 0.00000364. The Morgan fingerprint density at radius 2 is 2.19 bits per heavy atom. The van der Waals surface area contributed by atoms with Gasteiger partial charge in [0.25, 0.3) is 0 Å². The smallest absolute Gasteiger partial charge is 0.222 e. The van der Waals surface area contributed by atoms with Crippen LogP contribution in [0.15, 0.2) is 10.4 Å². The molecule has 154 valence electrons. The van der Waals surface area contributed by atoms with Gasteiger partial charge in [-0.15, -0.1) is 35.3 Å². The molecule has 0 spiro atoms. The lowest BCUT2D eigenvalue weighted by Crippen LogP contribution is -2.39. The Morgan fingerprint density at radius 3 is 2.78 bits per heavy atom. The largest absolute Gasteiger partial charge is 0.357 e. The van der Waals surface area contributed by atoms with Gasteiger partial charge >= 0.3 is 0 Å². The van der Waals surface area contributed by atoms with E-state index in [-0.39, 0.29) is 53.9 Å². The van der Waals surface area contributed by atoms with E-state index in [1.807, 2.05) is 13.8 Å². The minimum Gasteiger partial charge on any atom is -0.357 e. The van der Waals surface area contributed by atoms with Crippen molar-refractivity contribution in [1.82, 2.24) is 20.9 Å². The summed E-state index contributed by atoms with van der Waals surface area (Å²) in [5, 5.41) is 12.2. The summed E-state index contributed by atoms with van der Waals surface area (Å²) in [6, 6.07) is -0.260. The number of sulfone groups is 1. The van der Waals surface area contributed by atoms with Crippen LogP contribution < -0.4 is 16.0 Å². The average Bonchev–Trinajstić information content (AvgIpc) is 3.12. The molecule has 1 unspecified atom stereocenters. The minimum absolute atomic E-state index is 0. The Kier molecular flexibility index (Phi) is 10.5. The van der Waals surface area contributed by atoms with E-state index in [4.69, 9.17) is 0 Å². The number of guanidine groups is 1. The van der Waals surface area contributed by atoms with Gasteiger partial charge in [-0.1, -0.05) is 0 Å². The molecule has 1 fully saturated rings. The van der Waals surface area contributed by atoms with Crippen LogP contribution in [0.2, 0.25) is 0 Å². The maximum atomic E-state index is 11.9. The summed E-state index contributed by atoms with van der Waals surface area (Å²) in [6.45, 7) is 5.75. The van der Waals surface area contributed by atoms with Crippen LogP contribution in [-0.2, 0) is 21.1 Å². The number of nitrogens with one attached hydrogen (secondary N) is 3. The van der Waals surface area contributed by atoms with Crippen molar-refractivity contribution in [2.75, 3.05) is 31.1 Å². The Morgan fingerprint density at radius 1 is 1.41 bits per heavy atom. The summed E-state index contributed by atoms with van der Waals surface area (Å²) >= 11 is 1.64. The van der Waals surface area contributed by atoms with Gasteiger partial charge in [-0.2, -0.15) is 0 Å². The third-order valence-electron chi connectivity index (χ3n) is 3.89. The number of hydrogen-bond donors (Lipinski definition) is 3. The number of aryl methyl sites for hydroxylation is 1. The van der Waals surface area contributed by atoms with Crippen LogP contribution in [-0.4, -0.2) is 62.5 Å². The van der Waals surface area contributed by atoms with Crippen LogP contribution in [0.25, 0.3) is 0 Å². The number of hydrogen-bond acceptors (Lipinski definition) is 6. The van der Waals surface area contributed by atoms with E-state index in [0.29, 0.717) is 25.5 Å². The lowest BCUT2D eigenvalue weighted by atomic mass is 10.2. The number of aliphatic imine (C=N–C) groups is 1. The first kappa shape index (κ1) is 24.1. The van der Waals surface area contributed by atoms with Crippen molar-refractivity contribution in [3.05, 3.63) is 16.1 Å². The molecule has 3 N–H and O–H groups in total. The zero-order chi connectivity index (χ0) is 19.0. The Hall–Kier alpha value is -0.950. The van der Waals surface area contributed by atoms with Gasteiger partial charge in [-0.25, -0.2) is 13.4 Å². The molecule has 0 bridgehead atoms. The predicted molar refractivity (Wildman–Crippen MR) is 120 cm³/mol. The fourth-order valence-corrected chi connectivity index (χ4v) is 4.97. The maximum absolute atomic E-state index is 11.9. The second-order valence-corrected chi connectivity index (χ2v) is 9.50. The molecule has 0 radical (unpaired) electrons. The minimum atomic E-state index is -2.98. The molecule has 1 atom stereocenters. The van der Waals surface area contributed by atoms with Crippen LogP contribution >= 0.6 is 35.3 Å². The molecule has 1 aliphatic heterocycles. The number of amides is 1. The molecule has 0 aliphatic carbocycles. The third-order valence-corrected chi connectivity index (χ3v) is 6.48. The van der Waals surface area contributed by atoms with Crippen LogP contribution in [0.1, 0.15) is 30.5 Å². The molecule has 2 rings (SSSR count). The molecule has 1 saturated heterocycles. The van der Waals surface area contributed by atoms with Crippen molar-refractivity contribution < 1.29 is 13.2 Å². The van der Waals surface area contributed by atoms with Crippen molar-refractivity contribution in [1.29, 1.82) is 0 Å². The van der Waals surface area contributed by atoms with Gasteiger partial charge in [-0.3, -0.25) is 9.79 Å². The average molecular weight is 529 g/mol. The fourth-order valence-electron chi connectivity index (χ4n) is 2.65. The molecule has 1 amide bonds. The lowest BCUT2D eigenvalue weighted by Gasteiger charge is -2.12. The molecule has 1 aliphatic rings. The molecule has 11 heteroatoms. The third kappa shape index (κ3) is 9.19. The number of nitrogens with zero attached hydrogens (tertiary/aromatic N) is 2. The van der Waals surface area contributed by atoms with Crippen molar-refractivity contribution in [2.24, 2.45) is 4.99 Å². The Labute approximate surface area is 182 Å². The zero-order valence-electron chi connectivity index (χ0n) is 15.7. The van der Waals surface area contributed by atoms with E-state index in [9.17, 15) is 13.2 Å². The van der Waals surface area contributed by atoms with Crippen molar-refractivity contribution in [2.45, 2.75) is 39.2 Å². The van der Waals surface area contributed by atoms with Crippen molar-refractivity contribution in [3.8, 4) is 0 Å². The van der Waals surface area contributed by atoms with Gasteiger partial charge in [0.2, 0.25) is 5.91 Å². The highest BCUT2D eigenvalue weighted by Gasteiger charge is 2.28. The molecule has 0 saturated carbocycles. The van der Waals surface area contributed by atoms with E-state index in [1.54, 1.807) is 11.3 Å². The predicted octanol–water partition coefficient (Wildman–Crippen LogP) is 0.861. The summed E-state index contributed by atoms with van der Waals surface area (Å²) in [4.78, 5) is 20.7. The second kappa shape index (κ2) is 11.8. The van der Waals surface area contributed by atoms with E-state index in [2.05, 4.69) is 31.3 Å². The summed E-state index contributed by atoms with van der Waals surface area (Å²) in [5.74, 6) is 0.700. The number of rotatable bonds is 8. The van der Waals surface area contributed by atoms with E-state index >= 15 is 0 Å². The molecule has 2 heterocycles. The summed E-state index contributed by atoms with van der Waals surface area (Å²) in [5.41, 5.74) is 1.06. The summed E-state index contributed by atoms with van der Waals surface area (Å²) in [6.07, 6.45) is 1.54. The Bertz CT molecular complexity index is 736. The molecule has 27 heavy (non-hydrogen) atoms. The second-order valence-electron chi connectivity index (χ2n) is 6.21. The van der Waals surface area contributed by atoms with E-state index in [0.717, 1.165) is 23.7 Å². The first-order chi connectivity index (χ1) is 12.4. The maximum Gasteiger partial charge on any atom is 0.222 e.